The van der Waals surface area contributed by atoms with Gasteiger partial charge in [-0.25, -0.2) is 0 Å². The molecular weight excluding hydrogens is 507 g/mol. The summed E-state index contributed by atoms with van der Waals surface area (Å²) in [4.78, 5) is 15.6. The number of piperidine rings is 1. The van der Waals surface area contributed by atoms with Crippen molar-refractivity contribution in [2.45, 2.75) is 25.8 Å². The van der Waals surface area contributed by atoms with E-state index in [-0.39, 0.29) is 5.91 Å². The van der Waals surface area contributed by atoms with E-state index < -0.39 is 0 Å². The summed E-state index contributed by atoms with van der Waals surface area (Å²) in [7, 11) is 2.15. The molecule has 9 heteroatoms. The Labute approximate surface area is 226 Å². The first-order chi connectivity index (χ1) is 17.9. The molecule has 1 aliphatic heterocycles. The minimum absolute atomic E-state index is 0.0594. The maximum atomic E-state index is 13.2. The molecule has 1 saturated heterocycles. The standard InChI is InChI=1S/C28H30Cl2N6O/c1-35-10-9-19(21(16-35)11-18-5-3-2-4-6-18)13-27(37)32-28-34-33-26-12-20(15-31)24(17-36(26)28)23-8-7-22(29)14-25(23)30/h2-8,12,14,17,19,21H,9-11,13,15-16,31H2,1H3,(H,32,34,37)/t19?,21-/m0/s1. The van der Waals surface area contributed by atoms with E-state index in [1.807, 2.05) is 24.4 Å². The number of nitrogens with one attached hydrogen (secondary N) is 1. The van der Waals surface area contributed by atoms with Crippen LogP contribution in [0.2, 0.25) is 10.0 Å². The quantitative estimate of drug-likeness (QED) is 0.334. The molecule has 0 spiro atoms. The van der Waals surface area contributed by atoms with Crippen LogP contribution in [0.1, 0.15) is 24.0 Å². The highest BCUT2D eigenvalue weighted by molar-refractivity contribution is 6.36. The van der Waals surface area contributed by atoms with Crippen molar-refractivity contribution in [2.75, 3.05) is 25.5 Å². The van der Waals surface area contributed by atoms with Crippen LogP contribution in [0.4, 0.5) is 5.95 Å². The number of benzene rings is 2. The van der Waals surface area contributed by atoms with Crippen LogP contribution in [0.5, 0.6) is 0 Å². The average Bonchev–Trinajstić information content (AvgIpc) is 3.27. The van der Waals surface area contributed by atoms with Crippen LogP contribution < -0.4 is 11.1 Å². The van der Waals surface area contributed by atoms with Crippen molar-refractivity contribution < 1.29 is 4.79 Å². The van der Waals surface area contributed by atoms with Gasteiger partial charge in [-0.2, -0.15) is 0 Å². The van der Waals surface area contributed by atoms with Gasteiger partial charge in [-0.1, -0.05) is 59.6 Å². The number of likely N-dealkylation sites (tertiary alicyclic amines) is 1. The highest BCUT2D eigenvalue weighted by Crippen LogP contribution is 2.34. The Morgan fingerprint density at radius 3 is 2.65 bits per heavy atom. The zero-order chi connectivity index (χ0) is 25.9. The molecule has 2 aromatic heterocycles. The lowest BCUT2D eigenvalue weighted by Crippen LogP contribution is -2.40. The van der Waals surface area contributed by atoms with Crippen LogP contribution in [0.25, 0.3) is 16.8 Å². The molecule has 3 heterocycles. The first kappa shape index (κ1) is 25.7. The Balaban J connectivity index is 1.37. The number of carbonyl (C=O) groups excluding carboxylic acids is 1. The summed E-state index contributed by atoms with van der Waals surface area (Å²) < 4.78 is 1.77. The molecule has 0 aliphatic carbocycles. The number of fused-ring (bicyclic) bond motifs is 1. The van der Waals surface area contributed by atoms with Gasteiger partial charge in [-0.15, -0.1) is 10.2 Å². The van der Waals surface area contributed by atoms with Gasteiger partial charge in [0.05, 0.1) is 0 Å². The van der Waals surface area contributed by atoms with Crippen molar-refractivity contribution in [3.05, 3.63) is 82.0 Å². The Morgan fingerprint density at radius 2 is 1.89 bits per heavy atom. The molecule has 2 aromatic carbocycles. The number of halogens is 2. The van der Waals surface area contributed by atoms with Crippen molar-refractivity contribution in [1.29, 1.82) is 0 Å². The van der Waals surface area contributed by atoms with Crippen molar-refractivity contribution in [2.24, 2.45) is 17.6 Å². The number of carbonyl (C=O) groups is 1. The molecule has 2 atom stereocenters. The second-order valence-electron chi connectivity index (χ2n) is 9.81. The van der Waals surface area contributed by atoms with Crippen molar-refractivity contribution in [3.8, 4) is 11.1 Å². The van der Waals surface area contributed by atoms with Gasteiger partial charge in [0.2, 0.25) is 11.9 Å². The van der Waals surface area contributed by atoms with Crippen LogP contribution in [-0.4, -0.2) is 45.5 Å². The largest absolute Gasteiger partial charge is 0.326 e. The lowest BCUT2D eigenvalue weighted by Gasteiger charge is -2.36. The summed E-state index contributed by atoms with van der Waals surface area (Å²) in [5.74, 6) is 1.02. The highest BCUT2D eigenvalue weighted by Gasteiger charge is 2.30. The Morgan fingerprint density at radius 1 is 1.08 bits per heavy atom. The molecule has 192 valence electrons. The first-order valence-corrected chi connectivity index (χ1v) is 13.2. The number of aromatic nitrogens is 3. The van der Waals surface area contributed by atoms with Gasteiger partial charge < -0.3 is 10.6 Å². The third kappa shape index (κ3) is 5.80. The van der Waals surface area contributed by atoms with E-state index >= 15 is 0 Å². The number of pyridine rings is 1. The number of nitrogens with zero attached hydrogens (tertiary/aromatic N) is 4. The lowest BCUT2D eigenvalue weighted by molar-refractivity contribution is -0.118. The third-order valence-corrected chi connectivity index (χ3v) is 7.75. The molecule has 4 aromatic rings. The van der Waals surface area contributed by atoms with Gasteiger partial charge >= 0.3 is 0 Å². The van der Waals surface area contributed by atoms with E-state index in [9.17, 15) is 4.79 Å². The minimum atomic E-state index is -0.0594. The molecule has 7 nitrogen and oxygen atoms in total. The van der Waals surface area contributed by atoms with Gasteiger partial charge in [-0.3, -0.25) is 14.5 Å². The molecular formula is C28H30Cl2N6O. The predicted molar refractivity (Wildman–Crippen MR) is 149 cm³/mol. The van der Waals surface area contributed by atoms with E-state index in [0.29, 0.717) is 46.4 Å². The van der Waals surface area contributed by atoms with Gasteiger partial charge in [0, 0.05) is 46.9 Å². The molecule has 0 saturated carbocycles. The molecule has 0 bridgehead atoms. The summed E-state index contributed by atoms with van der Waals surface area (Å²) in [5.41, 5.74) is 10.4. The van der Waals surface area contributed by atoms with E-state index in [0.717, 1.165) is 42.6 Å². The Bertz CT molecular complexity index is 1410. The smallest absolute Gasteiger partial charge is 0.235 e. The van der Waals surface area contributed by atoms with Crippen LogP contribution >= 0.6 is 23.2 Å². The number of anilines is 1. The maximum Gasteiger partial charge on any atom is 0.235 e. The van der Waals surface area contributed by atoms with E-state index in [4.69, 9.17) is 28.9 Å². The molecule has 1 amide bonds. The normalized spacial score (nSPS) is 18.3. The average molecular weight is 537 g/mol. The number of rotatable bonds is 7. The molecule has 1 aliphatic rings. The highest BCUT2D eigenvalue weighted by atomic mass is 35.5. The van der Waals surface area contributed by atoms with Crippen LogP contribution in [0.15, 0.2) is 60.8 Å². The van der Waals surface area contributed by atoms with E-state index in [1.54, 1.807) is 16.5 Å². The molecule has 37 heavy (non-hydrogen) atoms. The fourth-order valence-corrected chi connectivity index (χ4v) is 5.78. The lowest BCUT2D eigenvalue weighted by atomic mass is 9.79. The van der Waals surface area contributed by atoms with Gasteiger partial charge in [-0.05, 0) is 67.6 Å². The first-order valence-electron chi connectivity index (χ1n) is 12.5. The van der Waals surface area contributed by atoms with Gasteiger partial charge in [0.1, 0.15) is 0 Å². The monoisotopic (exact) mass is 536 g/mol. The second-order valence-corrected chi connectivity index (χ2v) is 10.6. The second kappa shape index (κ2) is 11.2. The zero-order valence-corrected chi connectivity index (χ0v) is 22.2. The summed E-state index contributed by atoms with van der Waals surface area (Å²) in [5, 5.41) is 12.6. The zero-order valence-electron chi connectivity index (χ0n) is 20.7. The summed E-state index contributed by atoms with van der Waals surface area (Å²) in [6, 6.07) is 17.7. The van der Waals surface area contributed by atoms with Crippen LogP contribution in [-0.2, 0) is 17.8 Å². The summed E-state index contributed by atoms with van der Waals surface area (Å²) >= 11 is 12.6. The van der Waals surface area contributed by atoms with Crippen molar-refractivity contribution >= 4 is 40.7 Å². The Kier molecular flexibility index (Phi) is 7.76. The van der Waals surface area contributed by atoms with E-state index in [2.05, 4.69) is 51.7 Å². The van der Waals surface area contributed by atoms with Crippen LogP contribution in [0, 0.1) is 11.8 Å². The molecule has 1 fully saturated rings. The topological polar surface area (TPSA) is 88.5 Å². The number of nitrogens with two attached hydrogens (primary N) is 1. The predicted octanol–water partition coefficient (Wildman–Crippen LogP) is 5.30. The fourth-order valence-electron chi connectivity index (χ4n) is 5.27. The fraction of sp³-hybridized carbons (Fsp3) is 0.321. The van der Waals surface area contributed by atoms with Crippen molar-refractivity contribution in [1.82, 2.24) is 19.5 Å². The number of amides is 1. The molecule has 0 radical (unpaired) electrons. The third-order valence-electron chi connectivity index (χ3n) is 7.20. The number of hydrogen-bond donors (Lipinski definition) is 2. The minimum Gasteiger partial charge on any atom is -0.326 e. The molecule has 1 unspecified atom stereocenters. The molecule has 3 N–H and O–H groups in total. The SMILES string of the molecule is CN1CCC(CC(=O)Nc2nnc3cc(CN)c(-c4ccc(Cl)cc4Cl)cn23)[C@@H](Cc2ccccc2)C1. The maximum absolute atomic E-state index is 13.2. The van der Waals surface area contributed by atoms with Crippen LogP contribution in [0.3, 0.4) is 0 Å². The van der Waals surface area contributed by atoms with Gasteiger partial charge in [0.15, 0.2) is 5.65 Å². The van der Waals surface area contributed by atoms with Crippen molar-refractivity contribution in [3.63, 3.8) is 0 Å². The summed E-state index contributed by atoms with van der Waals surface area (Å²) in [6.07, 6.45) is 4.26. The molecule has 5 rings (SSSR count). The van der Waals surface area contributed by atoms with E-state index in [1.165, 1.54) is 5.56 Å². The summed E-state index contributed by atoms with van der Waals surface area (Å²) in [6.45, 7) is 2.27. The number of hydrogen-bond acceptors (Lipinski definition) is 5. The van der Waals surface area contributed by atoms with Gasteiger partial charge in [0.25, 0.3) is 0 Å². The Hall–Kier alpha value is -2.97.